The fourth-order valence-corrected chi connectivity index (χ4v) is 2.15. The molecule has 0 radical (unpaired) electrons. The van der Waals surface area contributed by atoms with Crippen LogP contribution in [0.25, 0.3) is 0 Å². The number of nitrogens with zero attached hydrogens (tertiary/aromatic N) is 2. The van der Waals surface area contributed by atoms with Crippen molar-refractivity contribution in [3.8, 4) is 11.5 Å². The third kappa shape index (κ3) is 3.98. The number of carbonyl (C=O) groups is 1. The zero-order valence-electron chi connectivity index (χ0n) is 11.8. The highest BCUT2D eigenvalue weighted by Crippen LogP contribution is 2.24. The first kappa shape index (κ1) is 15.4. The van der Waals surface area contributed by atoms with Gasteiger partial charge in [-0.3, -0.25) is 9.48 Å². The topological polar surface area (TPSA) is 65.4 Å². The lowest BCUT2D eigenvalue weighted by atomic mass is 10.1. The van der Waals surface area contributed by atoms with Gasteiger partial charge in [0.2, 0.25) is 0 Å². The minimum absolute atomic E-state index is 0.194. The first-order valence-corrected chi connectivity index (χ1v) is 7.11. The van der Waals surface area contributed by atoms with E-state index in [1.165, 1.54) is 7.11 Å². The van der Waals surface area contributed by atoms with Gasteiger partial charge in [-0.1, -0.05) is 0 Å². The number of ether oxygens (including phenoxy) is 2. The minimum atomic E-state index is -0.194. The van der Waals surface area contributed by atoms with Gasteiger partial charge in [-0.05, 0) is 28.1 Å². The van der Waals surface area contributed by atoms with Crippen LogP contribution in [0.15, 0.2) is 35.1 Å². The maximum Gasteiger partial charge on any atom is 0.255 e. The summed E-state index contributed by atoms with van der Waals surface area (Å²) in [6.07, 6.45) is 3.55. The highest BCUT2D eigenvalue weighted by atomic mass is 79.9. The SMILES string of the molecule is COc1ccc(C(=O)NCCn2cc(Br)cn2)c(OC)c1. The zero-order chi connectivity index (χ0) is 15.2. The number of nitrogens with one attached hydrogen (secondary N) is 1. The fraction of sp³-hybridized carbons (Fsp3) is 0.286. The van der Waals surface area contributed by atoms with E-state index in [1.54, 1.807) is 36.2 Å². The maximum absolute atomic E-state index is 12.1. The van der Waals surface area contributed by atoms with E-state index in [-0.39, 0.29) is 5.91 Å². The zero-order valence-corrected chi connectivity index (χ0v) is 13.4. The van der Waals surface area contributed by atoms with E-state index in [0.29, 0.717) is 30.2 Å². The second-order valence-corrected chi connectivity index (χ2v) is 5.16. The summed E-state index contributed by atoms with van der Waals surface area (Å²) in [4.78, 5) is 12.1. The molecular weight excluding hydrogens is 338 g/mol. The van der Waals surface area contributed by atoms with Gasteiger partial charge in [-0.15, -0.1) is 0 Å². The molecule has 2 aromatic rings. The van der Waals surface area contributed by atoms with Crippen LogP contribution in [0, 0.1) is 0 Å². The van der Waals surface area contributed by atoms with Gasteiger partial charge in [0, 0.05) is 18.8 Å². The summed E-state index contributed by atoms with van der Waals surface area (Å²) in [5.74, 6) is 0.930. The highest BCUT2D eigenvalue weighted by molar-refractivity contribution is 9.10. The van der Waals surface area contributed by atoms with Crippen molar-refractivity contribution in [1.29, 1.82) is 0 Å². The van der Waals surface area contributed by atoms with E-state index in [4.69, 9.17) is 9.47 Å². The van der Waals surface area contributed by atoms with Gasteiger partial charge < -0.3 is 14.8 Å². The first-order valence-electron chi connectivity index (χ1n) is 6.32. The molecule has 2 rings (SSSR count). The predicted octanol–water partition coefficient (Wildman–Crippen LogP) is 2.09. The Morgan fingerprint density at radius 3 is 2.81 bits per heavy atom. The molecule has 0 atom stereocenters. The largest absolute Gasteiger partial charge is 0.497 e. The number of aromatic nitrogens is 2. The van der Waals surface area contributed by atoms with Gasteiger partial charge in [-0.2, -0.15) is 5.10 Å². The smallest absolute Gasteiger partial charge is 0.255 e. The van der Waals surface area contributed by atoms with Gasteiger partial charge in [-0.25, -0.2) is 0 Å². The molecule has 0 spiro atoms. The van der Waals surface area contributed by atoms with Crippen LogP contribution in [0.4, 0.5) is 0 Å². The van der Waals surface area contributed by atoms with E-state index in [1.807, 2.05) is 6.20 Å². The van der Waals surface area contributed by atoms with Crippen molar-refractivity contribution in [2.24, 2.45) is 0 Å². The summed E-state index contributed by atoms with van der Waals surface area (Å²) in [6, 6.07) is 5.08. The molecule has 0 aliphatic heterocycles. The van der Waals surface area contributed by atoms with Crippen LogP contribution in [-0.2, 0) is 6.54 Å². The van der Waals surface area contributed by atoms with Gasteiger partial charge in [0.15, 0.2) is 0 Å². The lowest BCUT2D eigenvalue weighted by molar-refractivity contribution is 0.0949. The Hall–Kier alpha value is -2.02. The molecule has 112 valence electrons. The van der Waals surface area contributed by atoms with Gasteiger partial charge >= 0.3 is 0 Å². The van der Waals surface area contributed by atoms with E-state index >= 15 is 0 Å². The first-order chi connectivity index (χ1) is 10.1. The Bertz CT molecular complexity index is 628. The summed E-state index contributed by atoms with van der Waals surface area (Å²) in [7, 11) is 3.09. The second-order valence-electron chi connectivity index (χ2n) is 4.24. The van der Waals surface area contributed by atoms with Crippen molar-refractivity contribution >= 4 is 21.8 Å². The molecule has 6 nitrogen and oxygen atoms in total. The number of methoxy groups -OCH3 is 2. The van der Waals surface area contributed by atoms with E-state index < -0.39 is 0 Å². The number of rotatable bonds is 6. The van der Waals surface area contributed by atoms with Crippen molar-refractivity contribution in [2.45, 2.75) is 6.54 Å². The molecule has 21 heavy (non-hydrogen) atoms. The maximum atomic E-state index is 12.1. The molecule has 7 heteroatoms. The normalized spacial score (nSPS) is 10.2. The summed E-state index contributed by atoms with van der Waals surface area (Å²) in [6.45, 7) is 1.07. The van der Waals surface area contributed by atoms with E-state index in [2.05, 4.69) is 26.3 Å². The summed E-state index contributed by atoms with van der Waals surface area (Å²) < 4.78 is 13.0. The van der Waals surface area contributed by atoms with Crippen molar-refractivity contribution in [3.63, 3.8) is 0 Å². The van der Waals surface area contributed by atoms with Crippen molar-refractivity contribution < 1.29 is 14.3 Å². The Kier molecular flexibility index (Phi) is 5.21. The molecule has 0 unspecified atom stereocenters. The third-order valence-electron chi connectivity index (χ3n) is 2.88. The molecule has 0 saturated carbocycles. The van der Waals surface area contributed by atoms with Crippen LogP contribution in [0.5, 0.6) is 11.5 Å². The molecule has 1 aromatic carbocycles. The molecule has 1 N–H and O–H groups in total. The Balaban J connectivity index is 1.96. The van der Waals surface area contributed by atoms with Crippen LogP contribution in [0.3, 0.4) is 0 Å². The van der Waals surface area contributed by atoms with Crippen LogP contribution in [0.2, 0.25) is 0 Å². The Labute approximate surface area is 131 Å². The Morgan fingerprint density at radius 2 is 2.19 bits per heavy atom. The fourth-order valence-electron chi connectivity index (χ4n) is 1.83. The van der Waals surface area contributed by atoms with Crippen molar-refractivity contribution in [3.05, 3.63) is 40.6 Å². The van der Waals surface area contributed by atoms with Gasteiger partial charge in [0.25, 0.3) is 5.91 Å². The van der Waals surface area contributed by atoms with E-state index in [0.717, 1.165) is 4.47 Å². The van der Waals surface area contributed by atoms with Crippen molar-refractivity contribution in [1.82, 2.24) is 15.1 Å². The highest BCUT2D eigenvalue weighted by Gasteiger charge is 2.12. The lowest BCUT2D eigenvalue weighted by Gasteiger charge is -2.10. The number of hydrogen-bond acceptors (Lipinski definition) is 4. The molecular formula is C14H16BrN3O3. The molecule has 0 bridgehead atoms. The molecule has 1 amide bonds. The van der Waals surface area contributed by atoms with E-state index in [9.17, 15) is 4.79 Å². The minimum Gasteiger partial charge on any atom is -0.497 e. The van der Waals surface area contributed by atoms with Gasteiger partial charge in [0.05, 0.1) is 37.0 Å². The monoisotopic (exact) mass is 353 g/mol. The number of halogens is 1. The molecule has 0 saturated heterocycles. The third-order valence-corrected chi connectivity index (χ3v) is 3.29. The predicted molar refractivity (Wildman–Crippen MR) is 81.8 cm³/mol. The average molecular weight is 354 g/mol. The lowest BCUT2D eigenvalue weighted by Crippen LogP contribution is -2.27. The summed E-state index contributed by atoms with van der Waals surface area (Å²) in [5, 5.41) is 6.95. The quantitative estimate of drug-likeness (QED) is 0.863. The van der Waals surface area contributed by atoms with Crippen LogP contribution in [-0.4, -0.2) is 36.5 Å². The summed E-state index contributed by atoms with van der Waals surface area (Å²) >= 11 is 3.32. The number of hydrogen-bond donors (Lipinski definition) is 1. The molecule has 1 aromatic heterocycles. The number of carbonyl (C=O) groups excluding carboxylic acids is 1. The molecule has 0 aliphatic rings. The molecule has 1 heterocycles. The number of benzene rings is 1. The van der Waals surface area contributed by atoms with Gasteiger partial charge in [0.1, 0.15) is 11.5 Å². The average Bonchev–Trinajstić information content (AvgIpc) is 2.91. The Morgan fingerprint density at radius 1 is 1.38 bits per heavy atom. The molecule has 0 fully saturated rings. The molecule has 0 aliphatic carbocycles. The summed E-state index contributed by atoms with van der Waals surface area (Å²) in [5.41, 5.74) is 0.472. The second kappa shape index (κ2) is 7.12. The van der Waals surface area contributed by atoms with Crippen LogP contribution in [0.1, 0.15) is 10.4 Å². The van der Waals surface area contributed by atoms with Crippen molar-refractivity contribution in [2.75, 3.05) is 20.8 Å². The standard InChI is InChI=1S/C14H16BrN3O3/c1-20-11-3-4-12(13(7-11)21-2)14(19)16-5-6-18-9-10(15)8-17-18/h3-4,7-9H,5-6H2,1-2H3,(H,16,19). The van der Waals surface area contributed by atoms with Crippen LogP contribution >= 0.6 is 15.9 Å². The number of amides is 1. The van der Waals surface area contributed by atoms with Crippen LogP contribution < -0.4 is 14.8 Å².